The number of rotatable bonds is 4. The van der Waals surface area contributed by atoms with Crippen molar-refractivity contribution in [3.8, 4) is 46.4 Å². The lowest BCUT2D eigenvalue weighted by molar-refractivity contribution is 1.08. The van der Waals surface area contributed by atoms with Gasteiger partial charge in [0.2, 0.25) is 0 Å². The molecule has 13 rings (SSSR count). The molecule has 0 spiro atoms. The van der Waals surface area contributed by atoms with Crippen LogP contribution in [0.1, 0.15) is 16.7 Å². The molecule has 4 heterocycles. The predicted octanol–water partition coefficient (Wildman–Crippen LogP) is 14.6. The average molecular weight is 831 g/mol. The van der Waals surface area contributed by atoms with E-state index in [-0.39, 0.29) is 0 Å². The Balaban J connectivity index is 1.35. The van der Waals surface area contributed by atoms with Crippen molar-refractivity contribution in [3.05, 3.63) is 199 Å². The predicted molar refractivity (Wildman–Crippen MR) is 262 cm³/mol. The van der Waals surface area contributed by atoms with Crippen molar-refractivity contribution in [1.29, 1.82) is 15.8 Å². The molecule has 7 heteroatoms. The summed E-state index contributed by atoms with van der Waals surface area (Å²) in [6.45, 7) is 0. The monoisotopic (exact) mass is 830 g/mol. The lowest BCUT2D eigenvalue weighted by atomic mass is 9.91. The quantitative estimate of drug-likeness (QED) is 0.177. The highest BCUT2D eigenvalue weighted by molar-refractivity contribution is 7.25. The van der Waals surface area contributed by atoms with Crippen LogP contribution < -0.4 is 0 Å². The van der Waals surface area contributed by atoms with Crippen LogP contribution in [0.2, 0.25) is 0 Å². The lowest BCUT2D eigenvalue weighted by Gasteiger charge is -2.26. The maximum atomic E-state index is 12.1. The fraction of sp³-hybridized carbons (Fsp3) is 0. The zero-order chi connectivity index (χ0) is 42.6. The van der Waals surface area contributed by atoms with Gasteiger partial charge in [-0.15, -0.1) is 11.3 Å². The van der Waals surface area contributed by atoms with Crippen LogP contribution in [-0.2, 0) is 0 Å². The van der Waals surface area contributed by atoms with Gasteiger partial charge in [-0.3, -0.25) is 0 Å². The third-order valence-electron chi connectivity index (χ3n) is 12.9. The van der Waals surface area contributed by atoms with E-state index in [0.29, 0.717) is 33.8 Å². The van der Waals surface area contributed by atoms with Crippen molar-refractivity contribution in [2.75, 3.05) is 0 Å². The molecule has 0 aliphatic carbocycles. The fourth-order valence-corrected chi connectivity index (χ4v) is 11.4. The number of nitriles is 3. The molecule has 0 radical (unpaired) electrons. The third kappa shape index (κ3) is 4.80. The molecule has 0 bridgehead atoms. The van der Waals surface area contributed by atoms with Crippen molar-refractivity contribution >= 4 is 96.9 Å². The molecule has 6 nitrogen and oxygen atoms in total. The Labute approximate surface area is 369 Å². The van der Waals surface area contributed by atoms with E-state index < -0.39 is 0 Å². The first kappa shape index (κ1) is 35.8. The van der Waals surface area contributed by atoms with Crippen molar-refractivity contribution in [2.45, 2.75) is 0 Å². The highest BCUT2D eigenvalue weighted by Crippen LogP contribution is 2.50. The molecule has 0 N–H and O–H groups in total. The Bertz CT molecular complexity index is 4050. The van der Waals surface area contributed by atoms with Crippen LogP contribution in [0.5, 0.6) is 0 Å². The van der Waals surface area contributed by atoms with Crippen LogP contribution in [0.25, 0.3) is 114 Å². The zero-order valence-electron chi connectivity index (χ0n) is 33.9. The molecule has 0 saturated carbocycles. The van der Waals surface area contributed by atoms with Gasteiger partial charge >= 0.3 is 0 Å². The van der Waals surface area contributed by atoms with Crippen LogP contribution in [0.15, 0.2) is 182 Å². The van der Waals surface area contributed by atoms with E-state index in [0.717, 1.165) is 92.0 Å². The largest absolute Gasteiger partial charge is 0.307 e. The number of thiophene rings is 1. The van der Waals surface area contributed by atoms with E-state index >= 15 is 0 Å². The number of aromatic nitrogens is 3. The maximum absolute atomic E-state index is 12.1. The topological polar surface area (TPSA) is 86.2 Å². The lowest BCUT2D eigenvalue weighted by Crippen LogP contribution is -2.14. The summed E-state index contributed by atoms with van der Waals surface area (Å²) in [6.07, 6.45) is 0. The minimum absolute atomic E-state index is 0.352. The number of para-hydroxylation sites is 5. The molecule has 0 aliphatic heterocycles. The van der Waals surface area contributed by atoms with Crippen molar-refractivity contribution in [1.82, 2.24) is 13.7 Å². The van der Waals surface area contributed by atoms with Gasteiger partial charge in [0.1, 0.15) is 23.3 Å². The van der Waals surface area contributed by atoms with Gasteiger partial charge < -0.3 is 13.7 Å². The van der Waals surface area contributed by atoms with Gasteiger partial charge in [-0.2, -0.15) is 15.8 Å². The second-order valence-corrected chi connectivity index (χ2v) is 17.2. The molecule has 0 atom stereocenters. The van der Waals surface area contributed by atoms with Gasteiger partial charge in [-0.05, 0) is 72.3 Å². The van der Waals surface area contributed by atoms with E-state index in [1.807, 2.05) is 66.7 Å². The summed E-state index contributed by atoms with van der Waals surface area (Å²) >= 11 is 1.76. The number of benzene rings is 9. The maximum Gasteiger partial charge on any atom is 0.104 e. The summed E-state index contributed by atoms with van der Waals surface area (Å²) in [7, 11) is 0. The van der Waals surface area contributed by atoms with E-state index in [9.17, 15) is 15.8 Å². The van der Waals surface area contributed by atoms with Crippen LogP contribution in [-0.4, -0.2) is 13.7 Å². The molecule has 4 aromatic heterocycles. The highest BCUT2D eigenvalue weighted by Gasteiger charge is 2.33. The molecule has 0 aliphatic rings. The van der Waals surface area contributed by atoms with E-state index in [1.54, 1.807) is 11.3 Å². The van der Waals surface area contributed by atoms with E-state index in [4.69, 9.17) is 0 Å². The first-order valence-corrected chi connectivity index (χ1v) is 21.8. The highest BCUT2D eigenvalue weighted by atomic mass is 32.1. The Hall–Kier alpha value is -8.93. The van der Waals surface area contributed by atoms with Crippen molar-refractivity contribution in [3.63, 3.8) is 0 Å². The summed E-state index contributed by atoms with van der Waals surface area (Å²) in [5, 5.41) is 42.5. The van der Waals surface area contributed by atoms with Gasteiger partial charge in [0, 0.05) is 58.1 Å². The molecule has 0 unspecified atom stereocenters. The van der Waals surface area contributed by atoms with Crippen LogP contribution >= 0.6 is 11.3 Å². The third-order valence-corrected chi connectivity index (χ3v) is 14.1. The molecule has 0 saturated heterocycles. The second-order valence-electron chi connectivity index (χ2n) is 16.1. The summed E-state index contributed by atoms with van der Waals surface area (Å²) in [5.41, 5.74) is 10.0. The standard InChI is InChI=1S/C57H30N6S/c58-31-34-25-27-51-42(29-34)40-17-5-11-23-50(40)61(51)55-44(32-59)56(62-46-19-7-1-13-36(46)37-14-2-8-20-47(37)62)54(35-26-28-53-43(30-35)41-18-6-12-24-52(41)64-53)57(45(55)33-60)63-48-21-9-3-15-38(48)39-16-4-10-22-49(39)63/h1-30H. The van der Waals surface area contributed by atoms with Gasteiger partial charge in [-0.1, -0.05) is 115 Å². The minimum Gasteiger partial charge on any atom is -0.307 e. The van der Waals surface area contributed by atoms with E-state index in [1.165, 1.54) is 4.70 Å². The van der Waals surface area contributed by atoms with Crippen molar-refractivity contribution < 1.29 is 0 Å². The van der Waals surface area contributed by atoms with Gasteiger partial charge in [0.25, 0.3) is 0 Å². The zero-order valence-corrected chi connectivity index (χ0v) is 34.7. The molecule has 64 heavy (non-hydrogen) atoms. The molecule has 294 valence electrons. The summed E-state index contributed by atoms with van der Waals surface area (Å²) in [5.74, 6) is 0. The molecular weight excluding hydrogens is 801 g/mol. The SMILES string of the molecule is N#Cc1ccc2c(c1)c1ccccc1n2-c1c(C#N)c(-n2c3ccccc3c3ccccc32)c(-c2ccc3sc4ccccc4c3c2)c(-n2c3ccccc3c3ccccc32)c1C#N. The average Bonchev–Trinajstić information content (AvgIpc) is 4.09. The van der Waals surface area contributed by atoms with Gasteiger partial charge in [-0.25, -0.2) is 0 Å². The van der Waals surface area contributed by atoms with E-state index in [2.05, 4.69) is 147 Å². The van der Waals surface area contributed by atoms with Gasteiger partial charge in [0.15, 0.2) is 0 Å². The van der Waals surface area contributed by atoms with Crippen LogP contribution in [0.4, 0.5) is 0 Å². The van der Waals surface area contributed by atoms with Crippen molar-refractivity contribution in [2.24, 2.45) is 0 Å². The molecular formula is C57H30N6S. The normalized spacial score (nSPS) is 11.7. The Morgan fingerprint density at radius 1 is 0.328 bits per heavy atom. The smallest absolute Gasteiger partial charge is 0.104 e. The Morgan fingerprint density at radius 3 is 1.22 bits per heavy atom. The van der Waals surface area contributed by atoms with Gasteiger partial charge in [0.05, 0.1) is 61.8 Å². The Kier molecular flexibility index (Phi) is 7.57. The molecule has 13 aromatic rings. The number of hydrogen-bond acceptors (Lipinski definition) is 4. The fourth-order valence-electron chi connectivity index (χ4n) is 10.4. The second kappa shape index (κ2) is 13.5. The number of hydrogen-bond donors (Lipinski definition) is 0. The number of fused-ring (bicyclic) bond motifs is 12. The van der Waals surface area contributed by atoms with Crippen LogP contribution in [0.3, 0.4) is 0 Å². The number of nitrogens with zero attached hydrogens (tertiary/aromatic N) is 6. The molecule has 9 aromatic carbocycles. The van der Waals surface area contributed by atoms with Crippen LogP contribution in [0, 0.1) is 34.0 Å². The Morgan fingerprint density at radius 2 is 0.734 bits per heavy atom. The summed E-state index contributed by atoms with van der Waals surface area (Å²) < 4.78 is 8.92. The summed E-state index contributed by atoms with van der Waals surface area (Å²) in [6, 6.07) is 70.1. The molecule has 0 fully saturated rings. The first-order chi connectivity index (χ1) is 31.7. The minimum atomic E-state index is 0.352. The molecule has 0 amide bonds. The summed E-state index contributed by atoms with van der Waals surface area (Å²) in [4.78, 5) is 0. The first-order valence-electron chi connectivity index (χ1n) is 21.0.